The van der Waals surface area contributed by atoms with Crippen LogP contribution in [0.5, 0.6) is 0 Å². The zero-order valence-electron chi connectivity index (χ0n) is 16.0. The highest BCUT2D eigenvalue weighted by atomic mass is 35.5. The minimum Gasteiger partial charge on any atom is -0.343 e. The number of carbonyl (C=O) groups excluding carboxylic acids is 2. The van der Waals surface area contributed by atoms with Crippen molar-refractivity contribution in [1.29, 1.82) is 0 Å². The summed E-state index contributed by atoms with van der Waals surface area (Å²) in [6, 6.07) is 14.8. The zero-order chi connectivity index (χ0) is 20.6. The fraction of sp³-hybridized carbons (Fsp3) is 0.273. The van der Waals surface area contributed by atoms with Crippen LogP contribution in [0.4, 0.5) is 0 Å². The van der Waals surface area contributed by atoms with Gasteiger partial charge in [0, 0.05) is 37.7 Å². The number of nitrogens with zero attached hydrogens (tertiary/aromatic N) is 2. The molecule has 0 radical (unpaired) electrons. The maximum Gasteiger partial charge on any atom is 0.253 e. The Morgan fingerprint density at radius 2 is 1.72 bits per heavy atom. The van der Waals surface area contributed by atoms with Gasteiger partial charge in [0.25, 0.3) is 5.91 Å². The molecule has 5 nitrogen and oxygen atoms in total. The molecule has 0 atom stereocenters. The second-order valence-corrected chi connectivity index (χ2v) is 7.64. The Morgan fingerprint density at radius 3 is 2.41 bits per heavy atom. The van der Waals surface area contributed by atoms with Crippen molar-refractivity contribution >= 4 is 41.1 Å². The standard InChI is InChI=1S/C22H23Cl2N3O2/c23-18-8-9-19(20(24)15-18)22(29)25-16-21(28)27-13-11-26(12-14-27)10-4-7-17-5-2-1-3-6-17/h1-9,15H,10-14,16H2,(H,25,29)/b7-4+. The molecule has 152 valence electrons. The summed E-state index contributed by atoms with van der Waals surface area (Å²) in [4.78, 5) is 28.7. The highest BCUT2D eigenvalue weighted by Gasteiger charge is 2.21. The van der Waals surface area contributed by atoms with E-state index in [0.29, 0.717) is 23.7 Å². The average molecular weight is 432 g/mol. The van der Waals surface area contributed by atoms with Gasteiger partial charge in [-0.15, -0.1) is 0 Å². The van der Waals surface area contributed by atoms with Gasteiger partial charge >= 0.3 is 0 Å². The Labute approximate surface area is 180 Å². The molecule has 1 saturated heterocycles. The van der Waals surface area contributed by atoms with E-state index >= 15 is 0 Å². The predicted octanol–water partition coefficient (Wildman–Crippen LogP) is 3.58. The van der Waals surface area contributed by atoms with Crippen LogP contribution in [0, 0.1) is 0 Å². The number of halogens is 2. The predicted molar refractivity (Wildman–Crippen MR) is 117 cm³/mol. The first kappa shape index (κ1) is 21.4. The summed E-state index contributed by atoms with van der Waals surface area (Å²) in [6.45, 7) is 3.71. The number of hydrogen-bond acceptors (Lipinski definition) is 3. The normalized spacial score (nSPS) is 14.9. The Kier molecular flexibility index (Phi) is 7.69. The molecule has 2 aromatic carbocycles. The number of hydrogen-bond donors (Lipinski definition) is 1. The van der Waals surface area contributed by atoms with Crippen LogP contribution in [-0.2, 0) is 4.79 Å². The van der Waals surface area contributed by atoms with Crippen LogP contribution in [0.25, 0.3) is 6.08 Å². The van der Waals surface area contributed by atoms with Crippen LogP contribution in [0.3, 0.4) is 0 Å². The second-order valence-electron chi connectivity index (χ2n) is 6.80. The molecule has 2 aromatic rings. The van der Waals surface area contributed by atoms with Crippen molar-refractivity contribution in [2.24, 2.45) is 0 Å². The van der Waals surface area contributed by atoms with Gasteiger partial charge in [-0.05, 0) is 23.8 Å². The molecular weight excluding hydrogens is 409 g/mol. The van der Waals surface area contributed by atoms with Crippen molar-refractivity contribution < 1.29 is 9.59 Å². The highest BCUT2D eigenvalue weighted by molar-refractivity contribution is 6.36. The van der Waals surface area contributed by atoms with Crippen molar-refractivity contribution in [3.63, 3.8) is 0 Å². The lowest BCUT2D eigenvalue weighted by atomic mass is 10.2. The van der Waals surface area contributed by atoms with Crippen LogP contribution < -0.4 is 5.32 Å². The Bertz CT molecular complexity index is 879. The number of benzene rings is 2. The van der Waals surface area contributed by atoms with E-state index in [1.54, 1.807) is 17.0 Å². The van der Waals surface area contributed by atoms with E-state index in [1.165, 1.54) is 11.6 Å². The van der Waals surface area contributed by atoms with E-state index in [9.17, 15) is 9.59 Å². The number of carbonyl (C=O) groups is 2. The van der Waals surface area contributed by atoms with Gasteiger partial charge in [-0.3, -0.25) is 14.5 Å². The molecule has 0 aromatic heterocycles. The molecule has 1 fully saturated rings. The van der Waals surface area contributed by atoms with Gasteiger partial charge in [0.1, 0.15) is 0 Å². The van der Waals surface area contributed by atoms with Gasteiger partial charge in [0.2, 0.25) is 5.91 Å². The molecule has 29 heavy (non-hydrogen) atoms. The summed E-state index contributed by atoms with van der Waals surface area (Å²) in [5, 5.41) is 3.36. The smallest absolute Gasteiger partial charge is 0.253 e. The first-order valence-electron chi connectivity index (χ1n) is 9.48. The van der Waals surface area contributed by atoms with E-state index in [4.69, 9.17) is 23.2 Å². The van der Waals surface area contributed by atoms with E-state index in [-0.39, 0.29) is 23.4 Å². The quantitative estimate of drug-likeness (QED) is 0.760. The summed E-state index contributed by atoms with van der Waals surface area (Å²) in [5.41, 5.74) is 1.48. The Balaban J connectivity index is 1.40. The fourth-order valence-corrected chi connectivity index (χ4v) is 3.61. The van der Waals surface area contributed by atoms with Crippen molar-refractivity contribution in [3.05, 3.63) is 75.8 Å². The molecular formula is C22H23Cl2N3O2. The first-order chi connectivity index (χ1) is 14.0. The molecule has 1 aliphatic rings. The lowest BCUT2D eigenvalue weighted by molar-refractivity contribution is -0.131. The maximum atomic E-state index is 12.4. The summed E-state index contributed by atoms with van der Waals surface area (Å²) in [6.07, 6.45) is 4.25. The third-order valence-corrected chi connectivity index (χ3v) is 5.32. The maximum absolute atomic E-state index is 12.4. The third kappa shape index (κ3) is 6.32. The van der Waals surface area contributed by atoms with Gasteiger partial charge in [-0.1, -0.05) is 65.7 Å². The van der Waals surface area contributed by atoms with Crippen molar-refractivity contribution in [1.82, 2.24) is 15.1 Å². The minimum absolute atomic E-state index is 0.0499. The number of amides is 2. The topological polar surface area (TPSA) is 52.7 Å². The molecule has 1 aliphatic heterocycles. The summed E-state index contributed by atoms with van der Waals surface area (Å²) >= 11 is 11.9. The van der Waals surface area contributed by atoms with Crippen LogP contribution >= 0.6 is 23.2 Å². The molecule has 7 heteroatoms. The van der Waals surface area contributed by atoms with Crippen LogP contribution in [-0.4, -0.2) is 60.9 Å². The van der Waals surface area contributed by atoms with Gasteiger partial charge in [-0.2, -0.15) is 0 Å². The number of rotatable bonds is 6. The lowest BCUT2D eigenvalue weighted by Gasteiger charge is -2.34. The minimum atomic E-state index is -0.385. The van der Waals surface area contributed by atoms with E-state index < -0.39 is 0 Å². The summed E-state index contributed by atoms with van der Waals surface area (Å²) < 4.78 is 0. The largest absolute Gasteiger partial charge is 0.343 e. The van der Waals surface area contributed by atoms with E-state index in [1.807, 2.05) is 18.2 Å². The Morgan fingerprint density at radius 1 is 1.00 bits per heavy atom. The van der Waals surface area contributed by atoms with E-state index in [0.717, 1.165) is 19.6 Å². The molecule has 1 heterocycles. The number of piperazine rings is 1. The molecule has 0 spiro atoms. The van der Waals surface area contributed by atoms with Crippen molar-refractivity contribution in [2.75, 3.05) is 39.3 Å². The number of nitrogens with one attached hydrogen (secondary N) is 1. The highest BCUT2D eigenvalue weighted by Crippen LogP contribution is 2.20. The van der Waals surface area contributed by atoms with Gasteiger partial charge in [0.15, 0.2) is 0 Å². The molecule has 0 bridgehead atoms. The van der Waals surface area contributed by atoms with Crippen LogP contribution in [0.1, 0.15) is 15.9 Å². The first-order valence-corrected chi connectivity index (χ1v) is 10.2. The van der Waals surface area contributed by atoms with Gasteiger partial charge in [0.05, 0.1) is 17.1 Å². The molecule has 0 saturated carbocycles. The van der Waals surface area contributed by atoms with Gasteiger partial charge < -0.3 is 10.2 Å². The Hall–Kier alpha value is -2.34. The van der Waals surface area contributed by atoms with Gasteiger partial charge in [-0.25, -0.2) is 0 Å². The van der Waals surface area contributed by atoms with Crippen molar-refractivity contribution in [2.45, 2.75) is 0 Å². The SMILES string of the molecule is O=C(NCC(=O)N1CCN(C/C=C/c2ccccc2)CC1)c1ccc(Cl)cc1Cl. The molecule has 3 rings (SSSR count). The molecule has 0 unspecified atom stereocenters. The lowest BCUT2D eigenvalue weighted by Crippen LogP contribution is -2.51. The fourth-order valence-electron chi connectivity index (χ4n) is 3.12. The molecule has 2 amide bonds. The average Bonchev–Trinajstić information content (AvgIpc) is 2.73. The molecule has 0 aliphatic carbocycles. The summed E-state index contributed by atoms with van der Waals surface area (Å²) in [7, 11) is 0. The van der Waals surface area contributed by atoms with E-state index in [2.05, 4.69) is 34.5 Å². The second kappa shape index (κ2) is 10.4. The third-order valence-electron chi connectivity index (χ3n) is 4.77. The summed E-state index contributed by atoms with van der Waals surface area (Å²) in [5.74, 6) is -0.479. The van der Waals surface area contributed by atoms with Crippen LogP contribution in [0.2, 0.25) is 10.0 Å². The van der Waals surface area contributed by atoms with Crippen molar-refractivity contribution in [3.8, 4) is 0 Å². The zero-order valence-corrected chi connectivity index (χ0v) is 17.5. The van der Waals surface area contributed by atoms with Crippen LogP contribution in [0.15, 0.2) is 54.6 Å². The molecule has 1 N–H and O–H groups in total. The monoisotopic (exact) mass is 431 g/mol.